The number of hydrogen-bond acceptors (Lipinski definition) is 3. The highest BCUT2D eigenvalue weighted by Gasteiger charge is 2.41. The smallest absolute Gasteiger partial charge is 0.326 e. The summed E-state index contributed by atoms with van der Waals surface area (Å²) in [6.45, 7) is 0. The van der Waals surface area contributed by atoms with Crippen LogP contribution in [0.25, 0.3) is 0 Å². The Hall–Kier alpha value is -0.710. The van der Waals surface area contributed by atoms with E-state index in [1.807, 2.05) is 0 Å². The monoisotopic (exact) mass is 229 g/mol. The van der Waals surface area contributed by atoms with Gasteiger partial charge in [-0.15, -0.1) is 0 Å². The fourth-order valence-corrected chi connectivity index (χ4v) is 3.41. The molecule has 1 saturated carbocycles. The molecule has 15 heavy (non-hydrogen) atoms. The SMILES string of the molecule is O=CN(C1CC1)C(C(=O)O)C1CCSC1. The van der Waals surface area contributed by atoms with Crippen molar-refractivity contribution in [2.24, 2.45) is 5.92 Å². The molecule has 0 aromatic rings. The summed E-state index contributed by atoms with van der Waals surface area (Å²) in [7, 11) is 0. The van der Waals surface area contributed by atoms with Crippen LogP contribution in [0.2, 0.25) is 0 Å². The van der Waals surface area contributed by atoms with Gasteiger partial charge in [-0.3, -0.25) is 4.79 Å². The van der Waals surface area contributed by atoms with Gasteiger partial charge in [0.05, 0.1) is 0 Å². The summed E-state index contributed by atoms with van der Waals surface area (Å²) in [5.41, 5.74) is 0. The number of thioether (sulfide) groups is 1. The zero-order valence-corrected chi connectivity index (χ0v) is 9.28. The van der Waals surface area contributed by atoms with Crippen LogP contribution in [0.4, 0.5) is 0 Å². The van der Waals surface area contributed by atoms with Crippen LogP contribution in [-0.2, 0) is 9.59 Å². The standard InChI is InChI=1S/C10H15NO3S/c12-6-11(8-1-2-8)9(10(13)14)7-3-4-15-5-7/h6-9H,1-5H2,(H,13,14). The molecular weight excluding hydrogens is 214 g/mol. The summed E-state index contributed by atoms with van der Waals surface area (Å²) in [5.74, 6) is 1.18. The Kier molecular flexibility index (Phi) is 3.19. The van der Waals surface area contributed by atoms with Gasteiger partial charge >= 0.3 is 5.97 Å². The average molecular weight is 229 g/mol. The summed E-state index contributed by atoms with van der Waals surface area (Å²) in [4.78, 5) is 23.7. The molecule has 4 nitrogen and oxygen atoms in total. The molecule has 2 atom stereocenters. The lowest BCUT2D eigenvalue weighted by Gasteiger charge is -2.29. The molecule has 2 rings (SSSR count). The molecule has 1 amide bonds. The molecule has 0 aromatic carbocycles. The number of rotatable bonds is 5. The van der Waals surface area contributed by atoms with Crippen molar-refractivity contribution < 1.29 is 14.7 Å². The van der Waals surface area contributed by atoms with E-state index in [4.69, 9.17) is 0 Å². The van der Waals surface area contributed by atoms with E-state index in [1.165, 1.54) is 4.90 Å². The van der Waals surface area contributed by atoms with Gasteiger partial charge in [0.1, 0.15) is 6.04 Å². The van der Waals surface area contributed by atoms with Gasteiger partial charge in [-0.2, -0.15) is 11.8 Å². The zero-order valence-electron chi connectivity index (χ0n) is 8.46. The van der Waals surface area contributed by atoms with Crippen LogP contribution >= 0.6 is 11.8 Å². The molecule has 2 fully saturated rings. The van der Waals surface area contributed by atoms with Crippen LogP contribution in [0.3, 0.4) is 0 Å². The minimum atomic E-state index is -0.846. The number of carbonyl (C=O) groups excluding carboxylic acids is 1. The van der Waals surface area contributed by atoms with E-state index in [0.717, 1.165) is 37.2 Å². The first-order valence-electron chi connectivity index (χ1n) is 5.27. The van der Waals surface area contributed by atoms with Crippen molar-refractivity contribution in [1.29, 1.82) is 0 Å². The Bertz CT molecular complexity index is 261. The molecule has 1 N–H and O–H groups in total. The van der Waals surface area contributed by atoms with E-state index < -0.39 is 12.0 Å². The maximum atomic E-state index is 11.2. The maximum Gasteiger partial charge on any atom is 0.326 e. The lowest BCUT2D eigenvalue weighted by molar-refractivity contribution is -0.148. The molecule has 84 valence electrons. The van der Waals surface area contributed by atoms with Gasteiger partial charge in [-0.25, -0.2) is 4.79 Å². The average Bonchev–Trinajstić information content (AvgIpc) is 2.90. The van der Waals surface area contributed by atoms with E-state index in [-0.39, 0.29) is 12.0 Å². The Morgan fingerprint density at radius 2 is 2.20 bits per heavy atom. The van der Waals surface area contributed by atoms with Crippen molar-refractivity contribution in [2.75, 3.05) is 11.5 Å². The Balaban J connectivity index is 2.09. The highest BCUT2D eigenvalue weighted by molar-refractivity contribution is 7.99. The minimum Gasteiger partial charge on any atom is -0.480 e. The number of aliphatic carboxylic acids is 1. The molecule has 0 radical (unpaired) electrons. The van der Waals surface area contributed by atoms with Gasteiger partial charge in [0.15, 0.2) is 0 Å². The van der Waals surface area contributed by atoms with Crippen LogP contribution in [0.5, 0.6) is 0 Å². The molecule has 1 heterocycles. The number of hydrogen-bond donors (Lipinski definition) is 1. The van der Waals surface area contributed by atoms with Crippen molar-refractivity contribution in [3.63, 3.8) is 0 Å². The molecule has 0 bridgehead atoms. The maximum absolute atomic E-state index is 11.2. The molecule has 2 aliphatic rings. The predicted octanol–water partition coefficient (Wildman–Crippen LogP) is 0.813. The van der Waals surface area contributed by atoms with Gasteiger partial charge < -0.3 is 10.0 Å². The summed E-state index contributed by atoms with van der Waals surface area (Å²) < 4.78 is 0. The first-order valence-corrected chi connectivity index (χ1v) is 6.43. The van der Waals surface area contributed by atoms with Crippen LogP contribution < -0.4 is 0 Å². The lowest BCUT2D eigenvalue weighted by Crippen LogP contribution is -2.46. The summed E-state index contributed by atoms with van der Waals surface area (Å²) in [5, 5.41) is 9.20. The topological polar surface area (TPSA) is 57.6 Å². The van der Waals surface area contributed by atoms with E-state index in [9.17, 15) is 14.7 Å². The van der Waals surface area contributed by atoms with Crippen molar-refractivity contribution in [3.8, 4) is 0 Å². The molecule has 1 aliphatic carbocycles. The molecule has 2 unspecified atom stereocenters. The van der Waals surface area contributed by atoms with Gasteiger partial charge in [0.25, 0.3) is 0 Å². The molecule has 1 saturated heterocycles. The van der Waals surface area contributed by atoms with E-state index >= 15 is 0 Å². The first kappa shape index (κ1) is 10.8. The fraction of sp³-hybridized carbons (Fsp3) is 0.800. The number of carboxylic acid groups (broad SMARTS) is 1. The second kappa shape index (κ2) is 4.43. The Morgan fingerprint density at radius 1 is 1.47 bits per heavy atom. The Morgan fingerprint density at radius 3 is 2.60 bits per heavy atom. The van der Waals surface area contributed by atoms with Crippen LogP contribution in [0, 0.1) is 5.92 Å². The fourth-order valence-electron chi connectivity index (χ4n) is 2.13. The molecule has 0 spiro atoms. The van der Waals surface area contributed by atoms with Crippen molar-refractivity contribution in [3.05, 3.63) is 0 Å². The van der Waals surface area contributed by atoms with Crippen molar-refractivity contribution >= 4 is 24.1 Å². The molecule has 5 heteroatoms. The van der Waals surface area contributed by atoms with Gasteiger partial charge in [-0.1, -0.05) is 0 Å². The third-order valence-electron chi connectivity index (χ3n) is 3.08. The normalized spacial score (nSPS) is 27.3. The van der Waals surface area contributed by atoms with E-state index in [1.54, 1.807) is 11.8 Å². The highest BCUT2D eigenvalue weighted by Crippen LogP contribution is 2.34. The lowest BCUT2D eigenvalue weighted by atomic mass is 9.98. The minimum absolute atomic E-state index is 0.137. The second-order valence-corrected chi connectivity index (χ2v) is 5.34. The summed E-state index contributed by atoms with van der Waals surface area (Å²) in [6.07, 6.45) is 3.56. The first-order chi connectivity index (χ1) is 7.24. The number of amides is 1. The van der Waals surface area contributed by atoms with Crippen molar-refractivity contribution in [2.45, 2.75) is 31.3 Å². The quantitative estimate of drug-likeness (QED) is 0.709. The molecular formula is C10H15NO3S. The second-order valence-electron chi connectivity index (χ2n) is 4.19. The summed E-state index contributed by atoms with van der Waals surface area (Å²) in [6, 6.07) is -0.404. The van der Waals surface area contributed by atoms with Crippen LogP contribution in [-0.4, -0.2) is 46.0 Å². The number of carboxylic acids is 1. The van der Waals surface area contributed by atoms with Gasteiger partial charge in [0, 0.05) is 6.04 Å². The zero-order chi connectivity index (χ0) is 10.8. The largest absolute Gasteiger partial charge is 0.480 e. The predicted molar refractivity (Wildman–Crippen MR) is 57.8 cm³/mol. The molecule has 0 aromatic heterocycles. The highest BCUT2D eigenvalue weighted by atomic mass is 32.2. The third kappa shape index (κ3) is 2.27. The van der Waals surface area contributed by atoms with Crippen molar-refractivity contribution in [1.82, 2.24) is 4.90 Å². The molecule has 1 aliphatic heterocycles. The van der Waals surface area contributed by atoms with Gasteiger partial charge in [0.2, 0.25) is 6.41 Å². The third-order valence-corrected chi connectivity index (χ3v) is 4.26. The van der Waals surface area contributed by atoms with Crippen LogP contribution in [0.15, 0.2) is 0 Å². The van der Waals surface area contributed by atoms with Crippen LogP contribution in [0.1, 0.15) is 19.3 Å². The number of carbonyl (C=O) groups is 2. The number of nitrogens with zero attached hydrogens (tertiary/aromatic N) is 1. The van der Waals surface area contributed by atoms with E-state index in [0.29, 0.717) is 0 Å². The summed E-state index contributed by atoms with van der Waals surface area (Å²) >= 11 is 1.78. The van der Waals surface area contributed by atoms with Gasteiger partial charge in [-0.05, 0) is 36.7 Å². The Labute approximate surface area is 93.0 Å². The van der Waals surface area contributed by atoms with E-state index in [2.05, 4.69) is 0 Å².